The number of urea groups is 1. The Morgan fingerprint density at radius 2 is 1.86 bits per heavy atom. The minimum Gasteiger partial charge on any atom is -0.439 e. The van der Waals surface area contributed by atoms with Gasteiger partial charge in [0.2, 0.25) is 11.8 Å². The van der Waals surface area contributed by atoms with Gasteiger partial charge in [0.25, 0.3) is 0 Å². The summed E-state index contributed by atoms with van der Waals surface area (Å²) in [4.78, 5) is 24.4. The Labute approximate surface area is 258 Å². The zero-order chi connectivity index (χ0) is 31.5. The molecule has 3 N–H and O–H groups in total. The van der Waals surface area contributed by atoms with Gasteiger partial charge < -0.3 is 19.7 Å². The number of anilines is 2. The molecule has 0 aliphatic carbocycles. The summed E-state index contributed by atoms with van der Waals surface area (Å²) in [6.07, 6.45) is 4.77. The van der Waals surface area contributed by atoms with Gasteiger partial charge in [-0.3, -0.25) is 10.3 Å². The molecule has 2 aliphatic rings. The van der Waals surface area contributed by atoms with Crippen LogP contribution in [-0.4, -0.2) is 62.5 Å². The van der Waals surface area contributed by atoms with E-state index >= 15 is 0 Å². The highest BCUT2D eigenvalue weighted by Crippen LogP contribution is 2.38. The molecule has 1 saturated heterocycles. The maximum Gasteiger partial charge on any atom is 0.320 e. The van der Waals surface area contributed by atoms with Crippen molar-refractivity contribution in [3.05, 3.63) is 78.3 Å². The number of hydrogen-bond acceptors (Lipinski definition) is 10. The number of hydrazine groups is 1. The van der Waals surface area contributed by atoms with E-state index in [1.165, 1.54) is 6.26 Å². The molecule has 1 unspecified atom stereocenters. The number of carbonyl (C=O) groups is 1. The third-order valence-corrected chi connectivity index (χ3v) is 8.96. The third kappa shape index (κ3) is 7.12. The number of amides is 2. The van der Waals surface area contributed by atoms with Crippen molar-refractivity contribution < 1.29 is 22.7 Å². The molecule has 234 valence electrons. The van der Waals surface area contributed by atoms with Gasteiger partial charge in [-0.15, -0.1) is 0 Å². The lowest BCUT2D eigenvalue weighted by molar-refractivity contribution is 0.122. The summed E-state index contributed by atoms with van der Waals surface area (Å²) in [6, 6.07) is 15.3. The zero-order valence-corrected chi connectivity index (χ0v) is 26.4. The maximum atomic E-state index is 13.2. The van der Waals surface area contributed by atoms with Crippen LogP contribution in [0.15, 0.2) is 77.6 Å². The largest absolute Gasteiger partial charge is 0.439 e. The molecule has 5 rings (SSSR count). The average Bonchev–Trinajstić information content (AvgIpc) is 3.34. The molecule has 2 amide bonds. The van der Waals surface area contributed by atoms with E-state index in [2.05, 4.69) is 46.8 Å². The number of para-hydroxylation sites is 1. The van der Waals surface area contributed by atoms with Crippen LogP contribution >= 0.6 is 0 Å². The lowest BCUT2D eigenvalue weighted by Crippen LogP contribution is -2.54. The van der Waals surface area contributed by atoms with E-state index in [1.807, 2.05) is 42.2 Å². The Hall–Kier alpha value is -4.20. The van der Waals surface area contributed by atoms with Crippen molar-refractivity contribution in [3.8, 4) is 11.6 Å². The van der Waals surface area contributed by atoms with Crippen LogP contribution in [0.5, 0.6) is 11.6 Å². The summed E-state index contributed by atoms with van der Waals surface area (Å²) in [5.41, 5.74) is 4.00. The summed E-state index contributed by atoms with van der Waals surface area (Å²) >= 11 is 0. The van der Waals surface area contributed by atoms with E-state index in [-0.39, 0.29) is 16.9 Å². The number of nitrogens with zero attached hydrogens (tertiary/aromatic N) is 4. The Bertz CT molecular complexity index is 1650. The lowest BCUT2D eigenvalue weighted by Gasteiger charge is -2.39. The normalized spacial score (nSPS) is 19.0. The smallest absolute Gasteiger partial charge is 0.320 e. The molecule has 0 spiro atoms. The molecule has 2 aliphatic heterocycles. The molecule has 3 heterocycles. The number of carbonyl (C=O) groups excluding carboxylic acids is 1. The standard InChI is InChI=1S/C31H39N7O5S/c1-30(2,3)31(4)20-26(38(36-31)23-10-8-11-24(19-23)44(5,40)41)34-29(39)33-21-22-9-6-7-12-25(22)43-27-13-14-32-28(35-27)37-15-17-42-18-16-37/h6-14,19-20,36H,15-18,21H2,1-5H3,(H2,33,34,39). The van der Waals surface area contributed by atoms with Crippen molar-refractivity contribution in [1.82, 2.24) is 26.0 Å². The topological polar surface area (TPSA) is 138 Å². The minimum absolute atomic E-state index is 0.183. The number of hydrogen-bond donors (Lipinski definition) is 3. The number of nitrogens with one attached hydrogen (secondary N) is 3. The molecule has 0 saturated carbocycles. The third-order valence-electron chi connectivity index (χ3n) is 7.85. The predicted octanol–water partition coefficient (Wildman–Crippen LogP) is 3.98. The minimum atomic E-state index is -3.43. The molecule has 13 heteroatoms. The summed E-state index contributed by atoms with van der Waals surface area (Å²) in [6.45, 7) is 11.1. The quantitative estimate of drug-likeness (QED) is 0.339. The molecule has 12 nitrogen and oxygen atoms in total. The van der Waals surface area contributed by atoms with Crippen molar-refractivity contribution in [2.24, 2.45) is 5.41 Å². The highest BCUT2D eigenvalue weighted by atomic mass is 32.2. The summed E-state index contributed by atoms with van der Waals surface area (Å²) in [5, 5.41) is 7.56. The van der Waals surface area contributed by atoms with Crippen LogP contribution in [-0.2, 0) is 21.1 Å². The fourth-order valence-electron chi connectivity index (χ4n) is 4.70. The molecule has 1 fully saturated rings. The van der Waals surface area contributed by atoms with Gasteiger partial charge in [-0.2, -0.15) is 4.98 Å². The van der Waals surface area contributed by atoms with Gasteiger partial charge in [0, 0.05) is 43.7 Å². The van der Waals surface area contributed by atoms with Gasteiger partial charge in [-0.05, 0) is 42.7 Å². The van der Waals surface area contributed by atoms with E-state index in [9.17, 15) is 13.2 Å². The molecule has 1 atom stereocenters. The second kappa shape index (κ2) is 12.4. The number of benzene rings is 2. The highest BCUT2D eigenvalue weighted by Gasteiger charge is 2.43. The first kappa shape index (κ1) is 31.2. The molecule has 0 radical (unpaired) electrons. The monoisotopic (exact) mass is 621 g/mol. The Balaban J connectivity index is 1.30. The van der Waals surface area contributed by atoms with Crippen molar-refractivity contribution in [1.29, 1.82) is 0 Å². The summed E-state index contributed by atoms with van der Waals surface area (Å²) < 4.78 is 36.0. The van der Waals surface area contributed by atoms with Gasteiger partial charge in [-0.1, -0.05) is 45.0 Å². The molecule has 3 aromatic rings. The van der Waals surface area contributed by atoms with E-state index in [1.54, 1.807) is 41.5 Å². The predicted molar refractivity (Wildman–Crippen MR) is 168 cm³/mol. The molecular formula is C31H39N7O5S. The Kier molecular flexibility index (Phi) is 8.82. The number of ether oxygens (including phenoxy) is 2. The molecule has 1 aromatic heterocycles. The molecular weight excluding hydrogens is 582 g/mol. The first-order valence-corrected chi connectivity index (χ1v) is 16.3. The van der Waals surface area contributed by atoms with Gasteiger partial charge in [-0.25, -0.2) is 23.6 Å². The first-order chi connectivity index (χ1) is 20.8. The zero-order valence-electron chi connectivity index (χ0n) is 25.6. The van der Waals surface area contributed by atoms with Crippen LogP contribution in [0.4, 0.5) is 16.4 Å². The summed E-state index contributed by atoms with van der Waals surface area (Å²) in [7, 11) is -3.43. The molecule has 2 aromatic carbocycles. The van der Waals surface area contributed by atoms with Gasteiger partial charge >= 0.3 is 6.03 Å². The Morgan fingerprint density at radius 1 is 1.11 bits per heavy atom. The number of rotatable bonds is 8. The van der Waals surface area contributed by atoms with E-state index in [0.717, 1.165) is 5.56 Å². The van der Waals surface area contributed by atoms with Gasteiger partial charge in [0.05, 0.1) is 29.3 Å². The number of sulfone groups is 1. The second-order valence-corrected chi connectivity index (χ2v) is 14.0. The van der Waals surface area contributed by atoms with Gasteiger partial charge in [0.15, 0.2) is 9.84 Å². The van der Waals surface area contributed by atoms with Crippen molar-refractivity contribution in [3.63, 3.8) is 0 Å². The van der Waals surface area contributed by atoms with Crippen LogP contribution in [0.1, 0.15) is 33.3 Å². The van der Waals surface area contributed by atoms with Crippen LogP contribution in [0.25, 0.3) is 0 Å². The second-order valence-electron chi connectivity index (χ2n) is 12.0. The van der Waals surface area contributed by atoms with Crippen molar-refractivity contribution in [2.75, 3.05) is 42.5 Å². The van der Waals surface area contributed by atoms with E-state index in [0.29, 0.717) is 55.4 Å². The molecule has 44 heavy (non-hydrogen) atoms. The van der Waals surface area contributed by atoms with Gasteiger partial charge in [0.1, 0.15) is 11.6 Å². The first-order valence-electron chi connectivity index (χ1n) is 14.4. The Morgan fingerprint density at radius 3 is 2.59 bits per heavy atom. The van der Waals surface area contributed by atoms with Crippen LogP contribution < -0.4 is 30.7 Å². The van der Waals surface area contributed by atoms with Crippen molar-refractivity contribution >= 4 is 27.5 Å². The highest BCUT2D eigenvalue weighted by molar-refractivity contribution is 7.90. The number of morpholine rings is 1. The molecule has 0 bridgehead atoms. The SMILES string of the molecule is CC(C)(C)C1(C)C=C(NC(=O)NCc2ccccc2Oc2ccnc(N3CCOCC3)n2)N(c2cccc(S(C)(=O)=O)c2)N1. The fraction of sp³-hybridized carbons (Fsp3) is 0.387. The maximum absolute atomic E-state index is 13.2. The van der Waals surface area contributed by atoms with E-state index in [4.69, 9.17) is 9.47 Å². The summed E-state index contributed by atoms with van der Waals surface area (Å²) in [5.74, 6) is 2.01. The van der Waals surface area contributed by atoms with Crippen LogP contribution in [0.3, 0.4) is 0 Å². The fourth-order valence-corrected chi connectivity index (χ4v) is 5.36. The van der Waals surface area contributed by atoms with Crippen LogP contribution in [0.2, 0.25) is 0 Å². The van der Waals surface area contributed by atoms with E-state index < -0.39 is 21.4 Å². The average molecular weight is 622 g/mol. The lowest BCUT2D eigenvalue weighted by atomic mass is 9.76. The van der Waals surface area contributed by atoms with Crippen LogP contribution in [0, 0.1) is 5.41 Å². The van der Waals surface area contributed by atoms with Crippen molar-refractivity contribution in [2.45, 2.75) is 44.7 Å². The number of aromatic nitrogens is 2.